The Kier molecular flexibility index (Phi) is 9.64. The van der Waals surface area contributed by atoms with Gasteiger partial charge >= 0.3 is 0 Å². The van der Waals surface area contributed by atoms with Crippen LogP contribution >= 0.6 is 0 Å². The van der Waals surface area contributed by atoms with Gasteiger partial charge in [-0.3, -0.25) is 9.89 Å². The molecule has 0 aliphatic rings. The number of ether oxygens (including phenoxy) is 1. The van der Waals surface area contributed by atoms with Gasteiger partial charge in [-0.25, -0.2) is 4.39 Å². The van der Waals surface area contributed by atoms with Crippen molar-refractivity contribution in [3.8, 4) is 0 Å². The number of aromatic amines is 1. The molecule has 1 aromatic carbocycles. The minimum atomic E-state index is -0.351. The number of carbonyl (C=O) groups excluding carboxylic acids is 1. The lowest BCUT2D eigenvalue weighted by Gasteiger charge is -2.02. The zero-order chi connectivity index (χ0) is 19.4. The third kappa shape index (κ3) is 7.03. The van der Waals surface area contributed by atoms with Crippen molar-refractivity contribution in [1.29, 1.82) is 0 Å². The van der Waals surface area contributed by atoms with Gasteiger partial charge in [-0.1, -0.05) is 32.1 Å². The number of hydrogen-bond donors (Lipinski definition) is 2. The average Bonchev–Trinajstić information content (AvgIpc) is 3.13. The van der Waals surface area contributed by atoms with E-state index in [1.165, 1.54) is 24.3 Å². The Morgan fingerprint density at radius 1 is 1.31 bits per heavy atom. The van der Waals surface area contributed by atoms with Crippen molar-refractivity contribution in [3.05, 3.63) is 71.3 Å². The summed E-state index contributed by atoms with van der Waals surface area (Å²) in [7, 11) is 1.64. The number of methoxy groups -OCH3 is 1. The summed E-state index contributed by atoms with van der Waals surface area (Å²) < 4.78 is 17.8. The topological polar surface area (TPSA) is 67.0 Å². The Labute approximate surface area is 154 Å². The van der Waals surface area contributed by atoms with Crippen molar-refractivity contribution >= 4 is 11.6 Å². The normalized spacial score (nSPS) is 11.2. The van der Waals surface area contributed by atoms with Crippen molar-refractivity contribution < 1.29 is 13.9 Å². The largest absolute Gasteiger partial charge is 0.381 e. The van der Waals surface area contributed by atoms with E-state index in [0.717, 1.165) is 11.3 Å². The number of rotatable bonds is 7. The number of nitrogens with one attached hydrogen (secondary N) is 2. The minimum absolute atomic E-state index is 0.283. The molecule has 1 amide bonds. The number of aromatic nitrogens is 2. The van der Waals surface area contributed by atoms with Crippen LogP contribution in [0.4, 0.5) is 10.1 Å². The lowest BCUT2D eigenvalue weighted by Crippen LogP contribution is -2.12. The van der Waals surface area contributed by atoms with Crippen LogP contribution in [0.25, 0.3) is 0 Å². The number of allylic oxidation sites excluding steroid dienone is 3. The van der Waals surface area contributed by atoms with Crippen LogP contribution in [0.1, 0.15) is 37.0 Å². The number of benzene rings is 1. The van der Waals surface area contributed by atoms with Crippen molar-refractivity contribution in [2.24, 2.45) is 0 Å². The van der Waals surface area contributed by atoms with Gasteiger partial charge in [0.25, 0.3) is 5.91 Å². The predicted molar refractivity (Wildman–Crippen MR) is 103 cm³/mol. The predicted octanol–water partition coefficient (Wildman–Crippen LogP) is 4.52. The van der Waals surface area contributed by atoms with E-state index in [1.807, 2.05) is 39.0 Å². The second-order valence-corrected chi connectivity index (χ2v) is 5.14. The van der Waals surface area contributed by atoms with Crippen molar-refractivity contribution in [3.63, 3.8) is 0 Å². The number of carbonyl (C=O) groups is 1. The number of halogens is 1. The average molecular weight is 359 g/mol. The molecule has 26 heavy (non-hydrogen) atoms. The van der Waals surface area contributed by atoms with Crippen LogP contribution in [0.5, 0.6) is 0 Å². The monoisotopic (exact) mass is 359 g/mol. The molecule has 2 aromatic rings. The molecule has 0 fully saturated rings. The Hall–Kier alpha value is -2.73. The van der Waals surface area contributed by atoms with E-state index in [-0.39, 0.29) is 17.4 Å². The summed E-state index contributed by atoms with van der Waals surface area (Å²) in [6, 6.07) is 7.28. The van der Waals surface area contributed by atoms with Gasteiger partial charge < -0.3 is 10.1 Å². The first-order valence-corrected chi connectivity index (χ1v) is 8.54. The Morgan fingerprint density at radius 2 is 2.00 bits per heavy atom. The van der Waals surface area contributed by atoms with Gasteiger partial charge in [-0.2, -0.15) is 5.10 Å². The fourth-order valence-corrected chi connectivity index (χ4v) is 2.07. The number of nitrogens with zero attached hydrogens (tertiary/aromatic N) is 1. The highest BCUT2D eigenvalue weighted by Gasteiger charge is 2.11. The number of hydrogen-bond acceptors (Lipinski definition) is 3. The van der Waals surface area contributed by atoms with Gasteiger partial charge in [0.2, 0.25) is 0 Å². The molecule has 0 bridgehead atoms. The third-order valence-corrected chi connectivity index (χ3v) is 3.33. The smallest absolute Gasteiger partial charge is 0.276 e. The van der Waals surface area contributed by atoms with E-state index in [4.69, 9.17) is 4.74 Å². The molecule has 140 valence electrons. The fourth-order valence-electron chi connectivity index (χ4n) is 2.07. The molecule has 0 aliphatic carbocycles. The second-order valence-electron chi connectivity index (χ2n) is 5.14. The number of H-pyrrole nitrogens is 1. The molecule has 2 N–H and O–H groups in total. The molecule has 0 saturated heterocycles. The summed E-state index contributed by atoms with van der Waals surface area (Å²) in [5, 5.41) is 9.56. The maximum atomic E-state index is 12.9. The number of amides is 1. The molecule has 0 unspecified atom stereocenters. The van der Waals surface area contributed by atoms with Gasteiger partial charge in [-0.05, 0) is 42.8 Å². The fraction of sp³-hybridized carbons (Fsp3) is 0.300. The third-order valence-electron chi connectivity index (χ3n) is 3.33. The lowest BCUT2D eigenvalue weighted by molar-refractivity contribution is 0.102. The van der Waals surface area contributed by atoms with Gasteiger partial charge in [0, 0.05) is 24.9 Å². The van der Waals surface area contributed by atoms with Crippen LogP contribution in [-0.4, -0.2) is 29.8 Å². The summed E-state index contributed by atoms with van der Waals surface area (Å²) in [6.45, 7) is 6.50. The highest BCUT2D eigenvalue weighted by atomic mass is 19.1. The minimum Gasteiger partial charge on any atom is -0.381 e. The van der Waals surface area contributed by atoms with E-state index >= 15 is 0 Å². The molecule has 0 radical (unpaired) electrons. The summed E-state index contributed by atoms with van der Waals surface area (Å²) in [5.74, 6) is -0.698. The van der Waals surface area contributed by atoms with Crippen molar-refractivity contribution in [2.45, 2.75) is 27.2 Å². The molecule has 0 spiro atoms. The van der Waals surface area contributed by atoms with Gasteiger partial charge in [0.05, 0.1) is 6.61 Å². The number of anilines is 1. The van der Waals surface area contributed by atoms with Gasteiger partial charge in [0.1, 0.15) is 5.82 Å². The summed E-state index contributed by atoms with van der Waals surface area (Å²) >= 11 is 0. The van der Waals surface area contributed by atoms with E-state index in [9.17, 15) is 9.18 Å². The summed E-state index contributed by atoms with van der Waals surface area (Å²) in [6.07, 6.45) is 6.52. The summed E-state index contributed by atoms with van der Waals surface area (Å²) in [4.78, 5) is 12.1. The lowest BCUT2D eigenvalue weighted by atomic mass is 10.1. The van der Waals surface area contributed by atoms with Crippen LogP contribution in [0.3, 0.4) is 0 Å². The van der Waals surface area contributed by atoms with Gasteiger partial charge in [0.15, 0.2) is 5.69 Å². The molecule has 0 aliphatic heterocycles. The second kappa shape index (κ2) is 11.8. The standard InChI is InChI=1S/C18H20FN3O2.C2H6/c1-3-13(5-4-10-24-2)11-16-12-17(22-21-16)18(23)20-15-8-6-14(19)7-9-15;1-2/h3-9,12H,10-11H2,1-2H3,(H,20,23)(H,21,22);1-2H3/b5-4-,13-3+;. The van der Waals surface area contributed by atoms with Crippen molar-refractivity contribution in [2.75, 3.05) is 19.0 Å². The molecule has 1 heterocycles. The molecule has 0 atom stereocenters. The van der Waals surface area contributed by atoms with Crippen LogP contribution < -0.4 is 5.32 Å². The Morgan fingerprint density at radius 3 is 2.62 bits per heavy atom. The first-order valence-electron chi connectivity index (χ1n) is 8.54. The maximum absolute atomic E-state index is 12.9. The van der Waals surface area contributed by atoms with E-state index in [2.05, 4.69) is 15.5 Å². The van der Waals surface area contributed by atoms with E-state index in [0.29, 0.717) is 18.7 Å². The first-order chi connectivity index (χ1) is 12.6. The first kappa shape index (κ1) is 21.3. The van der Waals surface area contributed by atoms with Crippen LogP contribution in [0.2, 0.25) is 0 Å². The van der Waals surface area contributed by atoms with Gasteiger partial charge in [-0.15, -0.1) is 0 Å². The van der Waals surface area contributed by atoms with Crippen LogP contribution in [-0.2, 0) is 11.2 Å². The molecule has 5 nitrogen and oxygen atoms in total. The maximum Gasteiger partial charge on any atom is 0.276 e. The SMILES string of the molecule is C/C=C(\C=C/COC)Cc1cc(C(=O)Nc2ccc(F)cc2)n[nH]1.CC. The molecular formula is C20H26FN3O2. The zero-order valence-electron chi connectivity index (χ0n) is 15.7. The molecule has 2 rings (SSSR count). The molecule has 1 aromatic heterocycles. The molecule has 6 heteroatoms. The molecule has 0 saturated carbocycles. The van der Waals surface area contributed by atoms with E-state index in [1.54, 1.807) is 13.2 Å². The van der Waals surface area contributed by atoms with Crippen LogP contribution in [0.15, 0.2) is 54.1 Å². The highest BCUT2D eigenvalue weighted by Crippen LogP contribution is 2.12. The van der Waals surface area contributed by atoms with Crippen molar-refractivity contribution in [1.82, 2.24) is 10.2 Å². The zero-order valence-corrected chi connectivity index (χ0v) is 15.7. The summed E-state index contributed by atoms with van der Waals surface area (Å²) in [5.41, 5.74) is 2.71. The van der Waals surface area contributed by atoms with Crippen LogP contribution in [0, 0.1) is 5.82 Å². The Bertz CT molecular complexity index is 734. The molecular weight excluding hydrogens is 333 g/mol. The highest BCUT2D eigenvalue weighted by molar-refractivity contribution is 6.02. The van der Waals surface area contributed by atoms with E-state index < -0.39 is 0 Å². The Balaban J connectivity index is 0.00000163. The quantitative estimate of drug-likeness (QED) is 0.714.